The third kappa shape index (κ3) is 11.6. The van der Waals surface area contributed by atoms with E-state index < -0.39 is 17.9 Å². The van der Waals surface area contributed by atoms with Gasteiger partial charge in [0.25, 0.3) is 0 Å². The fourth-order valence-electron chi connectivity index (χ4n) is 4.84. The summed E-state index contributed by atoms with van der Waals surface area (Å²) in [6.07, 6.45) is 1.73. The molecule has 0 radical (unpaired) electrons. The fraction of sp³-hybridized carbons (Fsp3) is 0.270. The second-order valence-corrected chi connectivity index (χ2v) is 10.9. The van der Waals surface area contributed by atoms with Crippen LogP contribution in [0.15, 0.2) is 91.0 Å². The lowest BCUT2D eigenvalue weighted by Crippen LogP contribution is -2.17. The second kappa shape index (κ2) is 16.9. The monoisotopic (exact) mass is 647 g/mol. The predicted octanol–water partition coefficient (Wildman–Crippen LogP) is 9.95. The van der Waals surface area contributed by atoms with Crippen molar-refractivity contribution in [2.24, 2.45) is 0 Å². The zero-order valence-electron chi connectivity index (χ0n) is 25.5. The molecular formula is C37H33F4NO5. The molecule has 0 aromatic heterocycles. The Morgan fingerprint density at radius 2 is 1.00 bits per heavy atom. The van der Waals surface area contributed by atoms with Gasteiger partial charge in [0.15, 0.2) is 11.6 Å². The number of nitrogens with zero attached hydrogens (tertiary/aromatic N) is 1. The molecule has 0 atom stereocenters. The number of hydrogen-bond acceptors (Lipinski definition) is 6. The van der Waals surface area contributed by atoms with Crippen molar-refractivity contribution < 1.29 is 41.4 Å². The predicted molar refractivity (Wildman–Crippen MR) is 168 cm³/mol. The molecule has 10 heteroatoms. The third-order valence-electron chi connectivity index (χ3n) is 7.27. The van der Waals surface area contributed by atoms with Crippen LogP contribution in [0.25, 0.3) is 22.3 Å². The molecule has 244 valence electrons. The Morgan fingerprint density at radius 3 is 1.43 bits per heavy atom. The molecule has 0 bridgehead atoms. The number of halogens is 4. The molecule has 0 unspecified atom stereocenters. The molecule has 0 aliphatic carbocycles. The summed E-state index contributed by atoms with van der Waals surface area (Å²) in [6.45, 7) is 0. The summed E-state index contributed by atoms with van der Waals surface area (Å²) in [5.41, 5.74) is 3.41. The molecule has 0 spiro atoms. The molecule has 0 saturated heterocycles. The molecule has 4 aromatic rings. The second-order valence-electron chi connectivity index (χ2n) is 10.9. The number of benzene rings is 4. The quantitative estimate of drug-likeness (QED) is 0.0553. The molecule has 4 rings (SSSR count). The molecule has 0 saturated carbocycles. The molecular weight excluding hydrogens is 614 g/mol. The van der Waals surface area contributed by atoms with Gasteiger partial charge in [-0.05, 0) is 83.6 Å². The van der Waals surface area contributed by atoms with Gasteiger partial charge in [0.1, 0.15) is 11.5 Å². The first-order valence-corrected chi connectivity index (χ1v) is 15.3. The summed E-state index contributed by atoms with van der Waals surface area (Å²) >= 11 is 0. The number of rotatable bonds is 15. The van der Waals surface area contributed by atoms with Crippen LogP contribution < -0.4 is 14.2 Å². The van der Waals surface area contributed by atoms with Crippen LogP contribution in [0.3, 0.4) is 0 Å². The van der Waals surface area contributed by atoms with Crippen molar-refractivity contribution in [3.05, 3.63) is 102 Å². The summed E-state index contributed by atoms with van der Waals surface area (Å²) in [6, 6.07) is 26.0. The Hall–Kier alpha value is -5.17. The summed E-state index contributed by atoms with van der Waals surface area (Å²) < 4.78 is 65.5. The van der Waals surface area contributed by atoms with Gasteiger partial charge in [-0.3, -0.25) is 9.59 Å². The van der Waals surface area contributed by atoms with Crippen LogP contribution >= 0.6 is 0 Å². The van der Waals surface area contributed by atoms with Crippen molar-refractivity contribution in [3.63, 3.8) is 0 Å². The van der Waals surface area contributed by atoms with Crippen LogP contribution in [0.4, 0.5) is 17.6 Å². The van der Waals surface area contributed by atoms with E-state index in [1.165, 1.54) is 18.2 Å². The third-order valence-corrected chi connectivity index (χ3v) is 7.27. The first-order valence-electron chi connectivity index (χ1n) is 15.3. The standard InChI is InChI=1S/C37H33F4NO5/c38-33-24-30(18-23-34(33)47-37(39,40)41)29-16-21-32(22-17-29)46-36(44)9-7-5-3-1-2-4-6-8-35(43)45-31-19-14-28(15-20-31)27-12-10-26(25-42)11-13-27/h10-24H,1-9H2. The topological polar surface area (TPSA) is 85.6 Å². The Balaban J connectivity index is 1.04. The Kier molecular flexibility index (Phi) is 12.5. The molecule has 4 aromatic carbocycles. The van der Waals surface area contributed by atoms with Gasteiger partial charge in [0, 0.05) is 12.8 Å². The highest BCUT2D eigenvalue weighted by Gasteiger charge is 2.32. The van der Waals surface area contributed by atoms with Crippen molar-refractivity contribution in [1.82, 2.24) is 0 Å². The zero-order chi connectivity index (χ0) is 33.6. The lowest BCUT2D eigenvalue weighted by atomic mass is 10.0. The van der Waals surface area contributed by atoms with E-state index in [0.717, 1.165) is 61.8 Å². The maximum absolute atomic E-state index is 14.0. The van der Waals surface area contributed by atoms with E-state index in [2.05, 4.69) is 10.8 Å². The van der Waals surface area contributed by atoms with E-state index in [1.54, 1.807) is 36.4 Å². The van der Waals surface area contributed by atoms with Gasteiger partial charge in [-0.25, -0.2) is 4.39 Å². The molecule has 0 fully saturated rings. The highest BCUT2D eigenvalue weighted by atomic mass is 19.4. The number of carbonyl (C=O) groups excluding carboxylic acids is 2. The van der Waals surface area contributed by atoms with Crippen LogP contribution in [0.2, 0.25) is 0 Å². The highest BCUT2D eigenvalue weighted by molar-refractivity contribution is 5.74. The summed E-state index contributed by atoms with van der Waals surface area (Å²) in [4.78, 5) is 24.4. The van der Waals surface area contributed by atoms with Gasteiger partial charge >= 0.3 is 18.3 Å². The lowest BCUT2D eigenvalue weighted by molar-refractivity contribution is -0.275. The lowest BCUT2D eigenvalue weighted by Gasteiger charge is -2.11. The minimum atomic E-state index is -4.99. The number of hydrogen-bond donors (Lipinski definition) is 0. The van der Waals surface area contributed by atoms with Crippen LogP contribution in [-0.2, 0) is 9.59 Å². The number of alkyl halides is 3. The Labute approximate surface area is 270 Å². The fourth-order valence-corrected chi connectivity index (χ4v) is 4.84. The normalized spacial score (nSPS) is 11.0. The number of ether oxygens (including phenoxy) is 3. The summed E-state index contributed by atoms with van der Waals surface area (Å²) in [7, 11) is 0. The summed E-state index contributed by atoms with van der Waals surface area (Å²) in [5.74, 6) is -1.89. The minimum Gasteiger partial charge on any atom is -0.427 e. The van der Waals surface area contributed by atoms with Gasteiger partial charge in [-0.15, -0.1) is 13.2 Å². The van der Waals surface area contributed by atoms with Crippen molar-refractivity contribution in [3.8, 4) is 45.6 Å². The van der Waals surface area contributed by atoms with Gasteiger partial charge < -0.3 is 14.2 Å². The zero-order valence-corrected chi connectivity index (χ0v) is 25.5. The summed E-state index contributed by atoms with van der Waals surface area (Å²) in [5, 5.41) is 8.93. The van der Waals surface area contributed by atoms with E-state index in [-0.39, 0.29) is 18.4 Å². The number of carbonyl (C=O) groups is 2. The van der Waals surface area contributed by atoms with Crippen LogP contribution in [-0.4, -0.2) is 18.3 Å². The average Bonchev–Trinajstić information content (AvgIpc) is 3.05. The van der Waals surface area contributed by atoms with E-state index in [1.807, 2.05) is 24.3 Å². The minimum absolute atomic E-state index is 0.258. The van der Waals surface area contributed by atoms with Crippen molar-refractivity contribution in [1.29, 1.82) is 5.26 Å². The van der Waals surface area contributed by atoms with Crippen molar-refractivity contribution in [2.45, 2.75) is 64.1 Å². The molecule has 0 heterocycles. The van der Waals surface area contributed by atoms with Crippen molar-refractivity contribution in [2.75, 3.05) is 0 Å². The molecule has 0 amide bonds. The molecule has 47 heavy (non-hydrogen) atoms. The first kappa shape index (κ1) is 34.7. The van der Waals surface area contributed by atoms with Gasteiger partial charge in [-0.1, -0.05) is 74.6 Å². The smallest absolute Gasteiger partial charge is 0.427 e. The van der Waals surface area contributed by atoms with Crippen LogP contribution in [0.1, 0.15) is 63.4 Å². The Bertz CT molecular complexity index is 1660. The van der Waals surface area contributed by atoms with Crippen LogP contribution in [0.5, 0.6) is 17.2 Å². The van der Waals surface area contributed by atoms with Gasteiger partial charge in [0.05, 0.1) is 11.6 Å². The maximum atomic E-state index is 14.0. The average molecular weight is 648 g/mol. The van der Waals surface area contributed by atoms with E-state index in [0.29, 0.717) is 41.0 Å². The van der Waals surface area contributed by atoms with Gasteiger partial charge in [0.2, 0.25) is 0 Å². The van der Waals surface area contributed by atoms with E-state index >= 15 is 0 Å². The largest absolute Gasteiger partial charge is 0.573 e. The van der Waals surface area contributed by atoms with E-state index in [9.17, 15) is 27.2 Å². The first-order chi connectivity index (χ1) is 22.6. The van der Waals surface area contributed by atoms with Crippen molar-refractivity contribution >= 4 is 11.9 Å². The molecule has 0 N–H and O–H groups in total. The number of esters is 2. The molecule has 6 nitrogen and oxygen atoms in total. The SMILES string of the molecule is N#Cc1ccc(-c2ccc(OC(=O)CCCCCCCCCC(=O)Oc3ccc(-c4ccc(OC(F)(F)F)c(F)c4)cc3)cc2)cc1. The van der Waals surface area contributed by atoms with Gasteiger partial charge in [-0.2, -0.15) is 5.26 Å². The maximum Gasteiger partial charge on any atom is 0.573 e. The number of nitriles is 1. The Morgan fingerprint density at radius 1 is 0.596 bits per heavy atom. The highest BCUT2D eigenvalue weighted by Crippen LogP contribution is 2.30. The molecule has 0 aliphatic heterocycles. The van der Waals surface area contributed by atoms with Crippen LogP contribution in [0, 0.1) is 17.1 Å². The molecule has 0 aliphatic rings. The number of unbranched alkanes of at least 4 members (excludes halogenated alkanes) is 6. The van der Waals surface area contributed by atoms with E-state index in [4.69, 9.17) is 14.7 Å².